The zero-order valence-corrected chi connectivity index (χ0v) is 21.5. The summed E-state index contributed by atoms with van der Waals surface area (Å²) < 4.78 is 1.78. The van der Waals surface area contributed by atoms with Gasteiger partial charge in [-0.15, -0.1) is 11.3 Å². The van der Waals surface area contributed by atoms with Crippen LogP contribution in [0.4, 0.5) is 0 Å². The van der Waals surface area contributed by atoms with E-state index in [0.717, 1.165) is 55.8 Å². The number of hydrogen-bond acceptors (Lipinski definition) is 6. The van der Waals surface area contributed by atoms with Crippen LogP contribution in [-0.2, 0) is 6.54 Å². The van der Waals surface area contributed by atoms with Crippen molar-refractivity contribution in [3.8, 4) is 17.2 Å². The molecule has 1 N–H and O–H groups in total. The van der Waals surface area contributed by atoms with E-state index in [4.69, 9.17) is 4.98 Å². The van der Waals surface area contributed by atoms with Gasteiger partial charge in [0.15, 0.2) is 0 Å². The summed E-state index contributed by atoms with van der Waals surface area (Å²) >= 11 is 1.77. The quantitative estimate of drug-likeness (QED) is 0.393. The molecule has 3 aromatic heterocycles. The Morgan fingerprint density at radius 3 is 2.72 bits per heavy atom. The van der Waals surface area contributed by atoms with Gasteiger partial charge in [-0.3, -0.25) is 9.69 Å². The first-order valence-corrected chi connectivity index (χ1v) is 13.4. The molecule has 0 spiro atoms. The topological polar surface area (TPSA) is 75.9 Å². The van der Waals surface area contributed by atoms with Crippen molar-refractivity contribution in [1.82, 2.24) is 30.0 Å². The number of carbonyl (C=O) groups is 1. The number of amides is 1. The van der Waals surface area contributed by atoms with Crippen LogP contribution in [0.5, 0.6) is 0 Å². The van der Waals surface area contributed by atoms with Crippen LogP contribution >= 0.6 is 11.3 Å². The predicted molar refractivity (Wildman–Crippen MR) is 142 cm³/mol. The molecule has 1 saturated heterocycles. The molecule has 1 aliphatic heterocycles. The van der Waals surface area contributed by atoms with Crippen molar-refractivity contribution in [3.63, 3.8) is 0 Å². The zero-order chi connectivity index (χ0) is 24.6. The number of benzene rings is 1. The highest BCUT2D eigenvalue weighted by atomic mass is 32.1. The van der Waals surface area contributed by atoms with Gasteiger partial charge in [0, 0.05) is 53.1 Å². The molecule has 2 aliphatic rings. The summed E-state index contributed by atoms with van der Waals surface area (Å²) in [6, 6.07) is 14.7. The van der Waals surface area contributed by atoms with Gasteiger partial charge in [0.05, 0.1) is 23.1 Å². The molecular weight excluding hydrogens is 468 g/mol. The Labute approximate surface area is 215 Å². The average Bonchev–Trinajstić information content (AvgIpc) is 3.30. The van der Waals surface area contributed by atoms with Gasteiger partial charge in [0.2, 0.25) is 0 Å². The number of rotatable bonds is 7. The van der Waals surface area contributed by atoms with Crippen molar-refractivity contribution in [1.29, 1.82) is 0 Å². The molecule has 4 heterocycles. The molecule has 184 valence electrons. The Morgan fingerprint density at radius 2 is 1.97 bits per heavy atom. The molecular formula is C28H30N6OS. The van der Waals surface area contributed by atoms with Crippen LogP contribution in [0.3, 0.4) is 0 Å². The SMILES string of the molecule is Cc1cc(-c2ccnc(-n3ncc(C(=O)NC4CCN(Cc5ccccc5)C4)c3C3CC3)n2)c(C)s1. The van der Waals surface area contributed by atoms with E-state index in [1.165, 1.54) is 15.3 Å². The molecule has 1 amide bonds. The van der Waals surface area contributed by atoms with Gasteiger partial charge in [-0.05, 0) is 50.8 Å². The summed E-state index contributed by atoms with van der Waals surface area (Å²) in [6.45, 7) is 6.98. The van der Waals surface area contributed by atoms with Crippen molar-refractivity contribution >= 4 is 17.2 Å². The summed E-state index contributed by atoms with van der Waals surface area (Å²) in [4.78, 5) is 27.6. The van der Waals surface area contributed by atoms with Gasteiger partial charge in [-0.25, -0.2) is 14.6 Å². The fourth-order valence-electron chi connectivity index (χ4n) is 5.13. The summed E-state index contributed by atoms with van der Waals surface area (Å²) in [6.07, 6.45) is 6.54. The van der Waals surface area contributed by atoms with E-state index in [0.29, 0.717) is 17.4 Å². The average molecular weight is 499 g/mol. The van der Waals surface area contributed by atoms with Crippen LogP contribution in [0.15, 0.2) is 54.9 Å². The molecule has 2 fully saturated rings. The first-order valence-electron chi connectivity index (χ1n) is 12.6. The van der Waals surface area contributed by atoms with E-state index < -0.39 is 0 Å². The Balaban J connectivity index is 1.20. The van der Waals surface area contributed by atoms with E-state index in [9.17, 15) is 4.79 Å². The lowest BCUT2D eigenvalue weighted by Gasteiger charge is -2.17. The standard InChI is InChI=1S/C28H30N6OS/c1-18-14-23(19(2)36-18)25-10-12-29-28(32-25)34-26(21-8-9-21)24(15-30-34)27(35)31-22-11-13-33(17-22)16-20-6-4-3-5-7-20/h3-7,10,12,14-15,21-22H,8-9,11,13,16-17H2,1-2H3,(H,31,35). The summed E-state index contributed by atoms with van der Waals surface area (Å²) in [5, 5.41) is 7.87. The molecule has 1 aliphatic carbocycles. The maximum absolute atomic E-state index is 13.4. The second kappa shape index (κ2) is 9.59. The minimum absolute atomic E-state index is 0.0461. The molecule has 1 saturated carbocycles. The number of aryl methyl sites for hydroxylation is 2. The van der Waals surface area contributed by atoms with Gasteiger partial charge in [0.1, 0.15) is 0 Å². The molecule has 4 aromatic rings. The molecule has 6 rings (SSSR count). The number of carbonyl (C=O) groups excluding carboxylic acids is 1. The minimum atomic E-state index is -0.0461. The van der Waals surface area contributed by atoms with E-state index in [1.54, 1.807) is 28.4 Å². The third kappa shape index (κ3) is 4.70. The van der Waals surface area contributed by atoms with Crippen molar-refractivity contribution in [2.24, 2.45) is 0 Å². The largest absolute Gasteiger partial charge is 0.348 e. The van der Waals surface area contributed by atoms with Crippen molar-refractivity contribution < 1.29 is 4.79 Å². The second-order valence-corrected chi connectivity index (χ2v) is 11.3. The normalized spacial score (nSPS) is 18.0. The monoisotopic (exact) mass is 498 g/mol. The smallest absolute Gasteiger partial charge is 0.255 e. The number of nitrogens with one attached hydrogen (secondary N) is 1. The highest BCUT2D eigenvalue weighted by Gasteiger charge is 2.34. The van der Waals surface area contributed by atoms with E-state index in [2.05, 4.69) is 64.5 Å². The zero-order valence-electron chi connectivity index (χ0n) is 20.6. The fourth-order valence-corrected chi connectivity index (χ4v) is 6.06. The minimum Gasteiger partial charge on any atom is -0.348 e. The summed E-state index contributed by atoms with van der Waals surface area (Å²) in [5.74, 6) is 0.797. The first kappa shape index (κ1) is 23.1. The number of likely N-dealkylation sites (tertiary alicyclic amines) is 1. The number of nitrogens with zero attached hydrogens (tertiary/aromatic N) is 5. The van der Waals surface area contributed by atoms with Crippen LogP contribution in [-0.4, -0.2) is 49.7 Å². The third-order valence-electron chi connectivity index (χ3n) is 7.02. The fraction of sp³-hybridized carbons (Fsp3) is 0.357. The van der Waals surface area contributed by atoms with Crippen LogP contribution in [0, 0.1) is 13.8 Å². The molecule has 0 bridgehead atoms. The van der Waals surface area contributed by atoms with Crippen LogP contribution in [0.1, 0.15) is 56.6 Å². The maximum atomic E-state index is 13.4. The molecule has 8 heteroatoms. The van der Waals surface area contributed by atoms with E-state index >= 15 is 0 Å². The molecule has 7 nitrogen and oxygen atoms in total. The van der Waals surface area contributed by atoms with Crippen LogP contribution in [0.25, 0.3) is 17.2 Å². The highest BCUT2D eigenvalue weighted by molar-refractivity contribution is 7.12. The van der Waals surface area contributed by atoms with Crippen molar-refractivity contribution in [3.05, 3.63) is 81.4 Å². The lowest BCUT2D eigenvalue weighted by molar-refractivity contribution is 0.0936. The highest BCUT2D eigenvalue weighted by Crippen LogP contribution is 2.42. The Kier molecular flexibility index (Phi) is 6.15. The Morgan fingerprint density at radius 1 is 1.14 bits per heavy atom. The van der Waals surface area contributed by atoms with E-state index in [-0.39, 0.29) is 11.9 Å². The third-order valence-corrected chi connectivity index (χ3v) is 7.99. The van der Waals surface area contributed by atoms with Gasteiger partial charge >= 0.3 is 0 Å². The first-order chi connectivity index (χ1) is 17.5. The predicted octanol–water partition coefficient (Wildman–Crippen LogP) is 4.89. The Hall–Kier alpha value is -3.36. The van der Waals surface area contributed by atoms with Crippen LogP contribution < -0.4 is 5.32 Å². The summed E-state index contributed by atoms with van der Waals surface area (Å²) in [7, 11) is 0. The lowest BCUT2D eigenvalue weighted by atomic mass is 10.1. The van der Waals surface area contributed by atoms with Crippen LogP contribution in [0.2, 0.25) is 0 Å². The molecule has 0 radical (unpaired) electrons. The molecule has 1 unspecified atom stereocenters. The van der Waals surface area contributed by atoms with Gasteiger partial charge in [-0.1, -0.05) is 30.3 Å². The molecule has 1 aromatic carbocycles. The number of hydrogen-bond donors (Lipinski definition) is 1. The molecule has 36 heavy (non-hydrogen) atoms. The number of aromatic nitrogens is 4. The van der Waals surface area contributed by atoms with Gasteiger partial charge < -0.3 is 5.32 Å². The van der Waals surface area contributed by atoms with Crippen molar-refractivity contribution in [2.75, 3.05) is 13.1 Å². The maximum Gasteiger partial charge on any atom is 0.255 e. The van der Waals surface area contributed by atoms with Crippen molar-refractivity contribution in [2.45, 2.75) is 51.6 Å². The second-order valence-electron chi connectivity index (χ2n) is 9.88. The summed E-state index contributed by atoms with van der Waals surface area (Å²) in [5.41, 5.74) is 4.89. The molecule has 1 atom stereocenters. The van der Waals surface area contributed by atoms with E-state index in [1.807, 2.05) is 12.1 Å². The Bertz CT molecular complexity index is 1390. The van der Waals surface area contributed by atoms with Gasteiger partial charge in [-0.2, -0.15) is 5.10 Å². The lowest BCUT2D eigenvalue weighted by Crippen LogP contribution is -2.37. The number of thiophene rings is 1. The van der Waals surface area contributed by atoms with Gasteiger partial charge in [0.25, 0.3) is 11.9 Å².